The van der Waals surface area contributed by atoms with Crippen LogP contribution in [0.25, 0.3) is 0 Å². The van der Waals surface area contributed by atoms with E-state index in [2.05, 4.69) is 20.6 Å². The predicted molar refractivity (Wildman–Crippen MR) is 106 cm³/mol. The summed E-state index contributed by atoms with van der Waals surface area (Å²) in [6.07, 6.45) is 2.94. The lowest BCUT2D eigenvalue weighted by atomic mass is 10.2. The first-order valence-corrected chi connectivity index (χ1v) is 8.61. The summed E-state index contributed by atoms with van der Waals surface area (Å²) in [4.78, 5) is 20.8. The van der Waals surface area contributed by atoms with Crippen molar-refractivity contribution in [3.05, 3.63) is 75.5 Å². The second-order valence-corrected chi connectivity index (χ2v) is 6.67. The van der Waals surface area contributed by atoms with Crippen LogP contribution < -0.4 is 10.6 Å². The van der Waals surface area contributed by atoms with E-state index >= 15 is 0 Å². The Morgan fingerprint density at radius 3 is 2.23 bits per heavy atom. The van der Waals surface area contributed by atoms with Gasteiger partial charge in [0, 0.05) is 33.8 Å². The third kappa shape index (κ3) is 4.31. The van der Waals surface area contributed by atoms with E-state index in [1.165, 1.54) is 12.4 Å². The van der Waals surface area contributed by atoms with Gasteiger partial charge in [0.15, 0.2) is 0 Å². The van der Waals surface area contributed by atoms with Crippen LogP contribution in [0.2, 0.25) is 10.0 Å². The molecular weight excluding hydrogens is 371 g/mol. The standard InChI is InChI=1S/C19H16Cl2N4O/c1-11-3-4-15(21)8-17(11)25-19-22-9-13(10-23-19)18(26)24-16-6-5-14(20)7-12(16)2/h3-10H,1-2H3,(H,24,26)(H,22,23,25). The van der Waals surface area contributed by atoms with Crippen LogP contribution in [0.4, 0.5) is 17.3 Å². The van der Waals surface area contributed by atoms with E-state index in [1.807, 2.05) is 26.0 Å². The number of aromatic nitrogens is 2. The van der Waals surface area contributed by atoms with Gasteiger partial charge in [-0.25, -0.2) is 9.97 Å². The first-order chi connectivity index (χ1) is 12.4. The minimum Gasteiger partial charge on any atom is -0.324 e. The fraction of sp³-hybridized carbons (Fsp3) is 0.105. The summed E-state index contributed by atoms with van der Waals surface area (Å²) in [5.41, 5.74) is 3.75. The van der Waals surface area contributed by atoms with E-state index in [9.17, 15) is 4.79 Å². The summed E-state index contributed by atoms with van der Waals surface area (Å²) < 4.78 is 0. The molecular formula is C19H16Cl2N4O. The van der Waals surface area contributed by atoms with Crippen molar-refractivity contribution in [2.75, 3.05) is 10.6 Å². The molecule has 0 saturated heterocycles. The average molecular weight is 387 g/mol. The van der Waals surface area contributed by atoms with Gasteiger partial charge in [-0.05, 0) is 55.3 Å². The summed E-state index contributed by atoms with van der Waals surface area (Å²) in [5.74, 6) is 0.0931. The number of benzene rings is 2. The summed E-state index contributed by atoms with van der Waals surface area (Å²) in [7, 11) is 0. The lowest BCUT2D eigenvalue weighted by Gasteiger charge is -2.10. The molecule has 3 rings (SSSR count). The normalized spacial score (nSPS) is 10.5. The van der Waals surface area contributed by atoms with Crippen molar-refractivity contribution < 1.29 is 4.79 Å². The van der Waals surface area contributed by atoms with E-state index in [0.29, 0.717) is 27.2 Å². The lowest BCUT2D eigenvalue weighted by Crippen LogP contribution is -2.14. The highest BCUT2D eigenvalue weighted by Gasteiger charge is 2.10. The van der Waals surface area contributed by atoms with Crippen LogP contribution >= 0.6 is 23.2 Å². The fourth-order valence-electron chi connectivity index (χ4n) is 2.32. The van der Waals surface area contributed by atoms with E-state index in [-0.39, 0.29) is 5.91 Å². The summed E-state index contributed by atoms with van der Waals surface area (Å²) in [6, 6.07) is 10.8. The number of rotatable bonds is 4. The molecule has 3 aromatic rings. The van der Waals surface area contributed by atoms with E-state index in [1.54, 1.807) is 24.3 Å². The van der Waals surface area contributed by atoms with Gasteiger partial charge in [-0.15, -0.1) is 0 Å². The summed E-state index contributed by atoms with van der Waals surface area (Å²) in [5, 5.41) is 7.15. The second kappa shape index (κ2) is 7.72. The molecule has 2 N–H and O–H groups in total. The molecule has 0 aliphatic rings. The number of halogens is 2. The first kappa shape index (κ1) is 18.2. The largest absolute Gasteiger partial charge is 0.324 e. The number of anilines is 3. The molecule has 2 aromatic carbocycles. The van der Waals surface area contributed by atoms with Gasteiger partial charge in [-0.1, -0.05) is 29.3 Å². The molecule has 0 saturated carbocycles. The van der Waals surface area contributed by atoms with Crippen LogP contribution in [0.15, 0.2) is 48.8 Å². The van der Waals surface area contributed by atoms with Gasteiger partial charge in [0.25, 0.3) is 5.91 Å². The van der Waals surface area contributed by atoms with Crippen molar-refractivity contribution in [1.29, 1.82) is 0 Å². The second-order valence-electron chi connectivity index (χ2n) is 5.79. The van der Waals surface area contributed by atoms with Crippen LogP contribution in [0.5, 0.6) is 0 Å². The highest BCUT2D eigenvalue weighted by Crippen LogP contribution is 2.23. The molecule has 1 heterocycles. The van der Waals surface area contributed by atoms with Gasteiger partial charge in [0.2, 0.25) is 5.95 Å². The maximum absolute atomic E-state index is 12.4. The Morgan fingerprint density at radius 2 is 1.54 bits per heavy atom. The van der Waals surface area contributed by atoms with E-state index in [0.717, 1.165) is 16.8 Å². The molecule has 1 amide bonds. The first-order valence-electron chi connectivity index (χ1n) is 7.85. The van der Waals surface area contributed by atoms with Gasteiger partial charge in [-0.2, -0.15) is 0 Å². The summed E-state index contributed by atoms with van der Waals surface area (Å²) in [6.45, 7) is 3.83. The van der Waals surface area contributed by atoms with Crippen LogP contribution in [0.1, 0.15) is 21.5 Å². The zero-order valence-electron chi connectivity index (χ0n) is 14.2. The molecule has 5 nitrogen and oxygen atoms in total. The Bertz CT molecular complexity index is 958. The Balaban J connectivity index is 1.72. The van der Waals surface area contributed by atoms with Gasteiger partial charge < -0.3 is 10.6 Å². The number of carbonyl (C=O) groups excluding carboxylic acids is 1. The molecule has 0 aliphatic carbocycles. The summed E-state index contributed by atoms with van der Waals surface area (Å²) >= 11 is 11.9. The van der Waals surface area contributed by atoms with Gasteiger partial charge in [0.05, 0.1) is 5.56 Å². The Morgan fingerprint density at radius 1 is 0.885 bits per heavy atom. The van der Waals surface area contributed by atoms with Crippen molar-refractivity contribution in [3.63, 3.8) is 0 Å². The maximum atomic E-state index is 12.4. The molecule has 26 heavy (non-hydrogen) atoms. The number of aryl methyl sites for hydroxylation is 2. The highest BCUT2D eigenvalue weighted by molar-refractivity contribution is 6.31. The number of carbonyl (C=O) groups is 1. The highest BCUT2D eigenvalue weighted by atomic mass is 35.5. The minimum absolute atomic E-state index is 0.291. The van der Waals surface area contributed by atoms with Crippen LogP contribution in [0.3, 0.4) is 0 Å². The Labute approximate surface area is 161 Å². The molecule has 0 fully saturated rings. The molecule has 0 unspecified atom stereocenters. The number of hydrogen-bond acceptors (Lipinski definition) is 4. The zero-order valence-corrected chi connectivity index (χ0v) is 15.7. The van der Waals surface area contributed by atoms with Crippen molar-refractivity contribution in [1.82, 2.24) is 9.97 Å². The van der Waals surface area contributed by atoms with Crippen molar-refractivity contribution in [2.45, 2.75) is 13.8 Å². The number of nitrogens with zero attached hydrogens (tertiary/aromatic N) is 2. The third-order valence-corrected chi connectivity index (χ3v) is 4.27. The SMILES string of the molecule is Cc1cc(Cl)ccc1NC(=O)c1cnc(Nc2cc(Cl)ccc2C)nc1. The quantitative estimate of drug-likeness (QED) is 0.629. The topological polar surface area (TPSA) is 66.9 Å². The van der Waals surface area contributed by atoms with E-state index < -0.39 is 0 Å². The molecule has 7 heteroatoms. The van der Waals surface area contributed by atoms with Crippen molar-refractivity contribution in [2.24, 2.45) is 0 Å². The smallest absolute Gasteiger partial charge is 0.258 e. The number of hydrogen-bond donors (Lipinski definition) is 2. The lowest BCUT2D eigenvalue weighted by molar-refractivity contribution is 0.102. The van der Waals surface area contributed by atoms with Crippen LogP contribution in [0, 0.1) is 13.8 Å². The third-order valence-electron chi connectivity index (χ3n) is 3.80. The molecule has 0 spiro atoms. The minimum atomic E-state index is -0.291. The molecule has 132 valence electrons. The predicted octanol–water partition coefficient (Wildman–Crippen LogP) is 5.40. The van der Waals surface area contributed by atoms with Crippen LogP contribution in [-0.4, -0.2) is 15.9 Å². The van der Waals surface area contributed by atoms with Gasteiger partial charge in [-0.3, -0.25) is 4.79 Å². The van der Waals surface area contributed by atoms with Crippen LogP contribution in [-0.2, 0) is 0 Å². The Kier molecular flexibility index (Phi) is 5.40. The van der Waals surface area contributed by atoms with E-state index in [4.69, 9.17) is 23.2 Å². The zero-order chi connectivity index (χ0) is 18.7. The molecule has 0 atom stereocenters. The Hall–Kier alpha value is -2.63. The molecule has 0 aliphatic heterocycles. The maximum Gasteiger partial charge on any atom is 0.258 e. The molecule has 1 aromatic heterocycles. The van der Waals surface area contributed by atoms with Gasteiger partial charge in [0.1, 0.15) is 0 Å². The van der Waals surface area contributed by atoms with Gasteiger partial charge >= 0.3 is 0 Å². The fourth-order valence-corrected chi connectivity index (χ4v) is 2.72. The molecule has 0 radical (unpaired) electrons. The number of nitrogens with one attached hydrogen (secondary N) is 2. The van der Waals surface area contributed by atoms with Crippen molar-refractivity contribution >= 4 is 46.4 Å². The number of amides is 1. The average Bonchev–Trinajstić information content (AvgIpc) is 2.61. The van der Waals surface area contributed by atoms with Crippen molar-refractivity contribution in [3.8, 4) is 0 Å². The monoisotopic (exact) mass is 386 g/mol. The molecule has 0 bridgehead atoms.